The van der Waals surface area contributed by atoms with Crippen LogP contribution in [0.1, 0.15) is 30.1 Å². The fourth-order valence-electron chi connectivity index (χ4n) is 3.86. The molecule has 1 saturated carbocycles. The first-order valence-electron chi connectivity index (χ1n) is 10.5. The highest BCUT2D eigenvalue weighted by molar-refractivity contribution is 7.99. The highest BCUT2D eigenvalue weighted by Crippen LogP contribution is 2.41. The fourth-order valence-corrected chi connectivity index (χ4v) is 5.02. The van der Waals surface area contributed by atoms with Crippen molar-refractivity contribution in [2.45, 2.75) is 36.6 Å². The van der Waals surface area contributed by atoms with E-state index in [0.29, 0.717) is 5.92 Å². The standard InChI is InChI=1S/C23H25ClN4OS/c24-21-9-5-4-6-18(21)14-27-12-13-29-20(15-27)16-30-23-26-25-22(17-10-11-17)28(23)19-7-2-1-3-8-19/h1-9,17,20H,10-16H2/t20-/m0/s1. The lowest BCUT2D eigenvalue weighted by atomic mass is 10.2. The minimum absolute atomic E-state index is 0.163. The van der Waals surface area contributed by atoms with Crippen molar-refractivity contribution in [3.05, 3.63) is 71.0 Å². The minimum atomic E-state index is 0.163. The molecule has 0 N–H and O–H groups in total. The Morgan fingerprint density at radius 1 is 1.03 bits per heavy atom. The van der Waals surface area contributed by atoms with Crippen LogP contribution in [-0.4, -0.2) is 51.2 Å². The molecule has 1 aromatic heterocycles. The average Bonchev–Trinajstić information content (AvgIpc) is 3.54. The van der Waals surface area contributed by atoms with Gasteiger partial charge in [-0.1, -0.05) is 59.8 Å². The van der Waals surface area contributed by atoms with Gasteiger partial charge in [0.1, 0.15) is 5.82 Å². The molecule has 1 aliphatic carbocycles. The SMILES string of the molecule is Clc1ccccc1CN1CCO[C@H](CSc2nnc(C3CC3)n2-c2ccccc2)C1. The third kappa shape index (κ3) is 4.57. The molecule has 3 aromatic rings. The number of thioether (sulfide) groups is 1. The van der Waals surface area contributed by atoms with Gasteiger partial charge in [0.15, 0.2) is 5.16 Å². The first kappa shape index (κ1) is 20.1. The molecule has 1 saturated heterocycles. The van der Waals surface area contributed by atoms with Crippen LogP contribution in [0.15, 0.2) is 59.8 Å². The monoisotopic (exact) mass is 440 g/mol. The first-order chi connectivity index (χ1) is 14.8. The Labute approximate surface area is 186 Å². The van der Waals surface area contributed by atoms with E-state index in [-0.39, 0.29) is 6.10 Å². The highest BCUT2D eigenvalue weighted by atomic mass is 35.5. The van der Waals surface area contributed by atoms with Gasteiger partial charge in [0.2, 0.25) is 0 Å². The normalized spacial score (nSPS) is 19.8. The van der Waals surface area contributed by atoms with E-state index in [1.807, 2.05) is 24.3 Å². The molecule has 0 bridgehead atoms. The minimum Gasteiger partial charge on any atom is -0.375 e. The average molecular weight is 441 g/mol. The Balaban J connectivity index is 1.26. The lowest BCUT2D eigenvalue weighted by Gasteiger charge is -2.33. The molecule has 2 aromatic carbocycles. The number of nitrogens with zero attached hydrogens (tertiary/aromatic N) is 4. The van der Waals surface area contributed by atoms with Crippen molar-refractivity contribution in [3.63, 3.8) is 0 Å². The number of rotatable bonds is 7. The summed E-state index contributed by atoms with van der Waals surface area (Å²) < 4.78 is 8.29. The van der Waals surface area contributed by atoms with E-state index in [9.17, 15) is 0 Å². The van der Waals surface area contributed by atoms with Gasteiger partial charge in [-0.2, -0.15) is 0 Å². The summed E-state index contributed by atoms with van der Waals surface area (Å²) in [5.74, 6) is 2.49. The van der Waals surface area contributed by atoms with Gasteiger partial charge in [0, 0.05) is 42.0 Å². The van der Waals surface area contributed by atoms with Crippen molar-refractivity contribution in [1.29, 1.82) is 0 Å². The lowest BCUT2D eigenvalue weighted by molar-refractivity contribution is -0.0187. The molecule has 2 heterocycles. The van der Waals surface area contributed by atoms with Gasteiger partial charge in [0.05, 0.1) is 12.7 Å². The number of aromatic nitrogens is 3. The Morgan fingerprint density at radius 2 is 1.83 bits per heavy atom. The van der Waals surface area contributed by atoms with Crippen molar-refractivity contribution in [1.82, 2.24) is 19.7 Å². The number of morpholine rings is 1. The molecule has 2 fully saturated rings. The van der Waals surface area contributed by atoms with Crippen LogP contribution in [-0.2, 0) is 11.3 Å². The smallest absolute Gasteiger partial charge is 0.195 e. The predicted molar refractivity (Wildman–Crippen MR) is 121 cm³/mol. The molecule has 5 nitrogen and oxygen atoms in total. The summed E-state index contributed by atoms with van der Waals surface area (Å²) in [6, 6.07) is 18.5. The number of hydrogen-bond donors (Lipinski definition) is 0. The zero-order chi connectivity index (χ0) is 20.3. The number of halogens is 1. The van der Waals surface area contributed by atoms with Gasteiger partial charge in [-0.25, -0.2) is 0 Å². The lowest BCUT2D eigenvalue weighted by Crippen LogP contribution is -2.43. The van der Waals surface area contributed by atoms with Crippen molar-refractivity contribution in [3.8, 4) is 5.69 Å². The molecule has 0 radical (unpaired) electrons. The van der Waals surface area contributed by atoms with Crippen LogP contribution in [0.4, 0.5) is 0 Å². The molecule has 0 unspecified atom stereocenters. The topological polar surface area (TPSA) is 43.2 Å². The summed E-state index contributed by atoms with van der Waals surface area (Å²) in [5.41, 5.74) is 2.31. The molecule has 7 heteroatoms. The largest absolute Gasteiger partial charge is 0.375 e. The number of para-hydroxylation sites is 1. The van der Waals surface area contributed by atoms with E-state index < -0.39 is 0 Å². The Hall–Kier alpha value is -1.86. The third-order valence-corrected chi connectivity index (χ3v) is 7.02. The number of hydrogen-bond acceptors (Lipinski definition) is 5. The van der Waals surface area contributed by atoms with E-state index >= 15 is 0 Å². The maximum atomic E-state index is 6.35. The predicted octanol–water partition coefficient (Wildman–Crippen LogP) is 4.79. The van der Waals surface area contributed by atoms with E-state index in [4.69, 9.17) is 16.3 Å². The number of benzene rings is 2. The third-order valence-electron chi connectivity index (χ3n) is 5.59. The maximum Gasteiger partial charge on any atom is 0.195 e. The van der Waals surface area contributed by atoms with Gasteiger partial charge < -0.3 is 4.74 Å². The zero-order valence-corrected chi connectivity index (χ0v) is 18.4. The molecule has 156 valence electrons. The molecular formula is C23H25ClN4OS. The zero-order valence-electron chi connectivity index (χ0n) is 16.8. The molecule has 0 amide bonds. The van der Waals surface area contributed by atoms with Crippen LogP contribution < -0.4 is 0 Å². The summed E-state index contributed by atoms with van der Waals surface area (Å²) in [6.45, 7) is 3.43. The highest BCUT2D eigenvalue weighted by Gasteiger charge is 2.31. The molecule has 1 atom stereocenters. The van der Waals surface area contributed by atoms with Crippen LogP contribution >= 0.6 is 23.4 Å². The molecule has 0 spiro atoms. The summed E-state index contributed by atoms with van der Waals surface area (Å²) in [5, 5.41) is 10.8. The number of ether oxygens (including phenoxy) is 1. The fraction of sp³-hybridized carbons (Fsp3) is 0.391. The first-order valence-corrected chi connectivity index (χ1v) is 11.8. The van der Waals surface area contributed by atoms with Crippen molar-refractivity contribution in [2.75, 3.05) is 25.4 Å². The van der Waals surface area contributed by atoms with Crippen LogP contribution in [0.3, 0.4) is 0 Å². The van der Waals surface area contributed by atoms with Crippen LogP contribution in [0.5, 0.6) is 0 Å². The van der Waals surface area contributed by atoms with E-state index in [2.05, 4.69) is 50.0 Å². The van der Waals surface area contributed by atoms with Crippen LogP contribution in [0, 0.1) is 0 Å². The maximum absolute atomic E-state index is 6.35. The molecule has 2 aliphatic rings. The summed E-state index contributed by atoms with van der Waals surface area (Å²) in [7, 11) is 0. The van der Waals surface area contributed by atoms with Crippen molar-refractivity contribution in [2.24, 2.45) is 0 Å². The summed E-state index contributed by atoms with van der Waals surface area (Å²) >= 11 is 8.09. The van der Waals surface area contributed by atoms with Gasteiger partial charge in [-0.05, 0) is 36.6 Å². The molecule has 30 heavy (non-hydrogen) atoms. The second-order valence-electron chi connectivity index (χ2n) is 7.92. The van der Waals surface area contributed by atoms with E-state index in [0.717, 1.165) is 53.7 Å². The Morgan fingerprint density at radius 3 is 2.63 bits per heavy atom. The van der Waals surface area contributed by atoms with Crippen molar-refractivity contribution >= 4 is 23.4 Å². The Kier molecular flexibility index (Phi) is 6.09. The summed E-state index contributed by atoms with van der Waals surface area (Å²) in [4.78, 5) is 2.42. The Bertz CT molecular complexity index is 992. The van der Waals surface area contributed by atoms with E-state index in [1.54, 1.807) is 11.8 Å². The quantitative estimate of drug-likeness (QED) is 0.494. The van der Waals surface area contributed by atoms with Crippen molar-refractivity contribution < 1.29 is 4.74 Å². The van der Waals surface area contributed by atoms with Crippen LogP contribution in [0.2, 0.25) is 5.02 Å². The second kappa shape index (κ2) is 9.10. The van der Waals surface area contributed by atoms with Gasteiger partial charge in [0.25, 0.3) is 0 Å². The van der Waals surface area contributed by atoms with Gasteiger partial charge in [-0.3, -0.25) is 9.47 Å². The van der Waals surface area contributed by atoms with E-state index in [1.165, 1.54) is 18.4 Å². The second-order valence-corrected chi connectivity index (χ2v) is 9.31. The molecular weight excluding hydrogens is 416 g/mol. The molecule has 5 rings (SSSR count). The van der Waals surface area contributed by atoms with Gasteiger partial charge in [-0.15, -0.1) is 10.2 Å². The van der Waals surface area contributed by atoms with Crippen LogP contribution in [0.25, 0.3) is 5.69 Å². The summed E-state index contributed by atoms with van der Waals surface area (Å²) in [6.07, 6.45) is 2.58. The molecule has 1 aliphatic heterocycles. The van der Waals surface area contributed by atoms with Gasteiger partial charge >= 0.3 is 0 Å².